The first-order valence-electron chi connectivity index (χ1n) is 4.32. The lowest BCUT2D eigenvalue weighted by Crippen LogP contribution is -1.89. The Labute approximate surface area is 75.6 Å². The van der Waals surface area contributed by atoms with Gasteiger partial charge in [0.25, 0.3) is 0 Å². The molecule has 3 heteroatoms. The average Bonchev–Trinajstić information content (AvgIpc) is 2.53. The quantitative estimate of drug-likeness (QED) is 0.654. The summed E-state index contributed by atoms with van der Waals surface area (Å²) in [7, 11) is 0. The van der Waals surface area contributed by atoms with Crippen molar-refractivity contribution in [1.29, 1.82) is 0 Å². The second kappa shape index (κ2) is 2.80. The second-order valence-electron chi connectivity index (χ2n) is 3.52. The van der Waals surface area contributed by atoms with E-state index in [-0.39, 0.29) is 0 Å². The van der Waals surface area contributed by atoms with Gasteiger partial charge in [-0.2, -0.15) is 0 Å². The molecule has 2 rings (SSSR count). The van der Waals surface area contributed by atoms with Gasteiger partial charge >= 0.3 is 0 Å². The molecular formula is C9H12FNS. The summed E-state index contributed by atoms with van der Waals surface area (Å²) in [6, 6.07) is 0. The molecule has 66 valence electrons. The summed E-state index contributed by atoms with van der Waals surface area (Å²) in [5, 5.41) is 1.09. The fourth-order valence-corrected chi connectivity index (χ4v) is 2.58. The summed E-state index contributed by atoms with van der Waals surface area (Å²) >= 11 is 1.68. The molecule has 1 aromatic rings. The third kappa shape index (κ3) is 1.16. The normalized spacial score (nSPS) is 21.8. The van der Waals surface area contributed by atoms with Crippen LogP contribution in [-0.2, 0) is 6.42 Å². The number of fused-ring (bicyclic) bond motifs is 1. The number of aryl methyl sites for hydroxylation is 1. The molecule has 0 spiro atoms. The minimum absolute atomic E-state index is 0.438. The van der Waals surface area contributed by atoms with Crippen molar-refractivity contribution in [2.24, 2.45) is 0 Å². The number of alkyl halides is 1. The van der Waals surface area contributed by atoms with Crippen LogP contribution in [0.5, 0.6) is 0 Å². The molecule has 0 saturated carbocycles. The molecule has 1 aliphatic rings. The van der Waals surface area contributed by atoms with Gasteiger partial charge in [0, 0.05) is 10.8 Å². The molecule has 1 atom stereocenters. The molecule has 0 bridgehead atoms. The lowest BCUT2D eigenvalue weighted by molar-refractivity contribution is 0.337. The zero-order chi connectivity index (χ0) is 8.72. The van der Waals surface area contributed by atoms with E-state index < -0.39 is 6.17 Å². The van der Waals surface area contributed by atoms with E-state index in [4.69, 9.17) is 0 Å². The van der Waals surface area contributed by atoms with Crippen molar-refractivity contribution in [3.05, 3.63) is 15.6 Å². The van der Waals surface area contributed by atoms with E-state index in [1.807, 2.05) is 0 Å². The van der Waals surface area contributed by atoms with Crippen molar-refractivity contribution in [2.75, 3.05) is 0 Å². The number of nitrogens with zero attached hydrogens (tertiary/aromatic N) is 1. The molecule has 0 amide bonds. The zero-order valence-electron chi connectivity index (χ0n) is 7.30. The highest BCUT2D eigenvalue weighted by atomic mass is 32.1. The first-order valence-corrected chi connectivity index (χ1v) is 5.13. The highest BCUT2D eigenvalue weighted by molar-refractivity contribution is 7.11. The summed E-state index contributed by atoms with van der Waals surface area (Å²) in [6.07, 6.45) is 0.747. The highest BCUT2D eigenvalue weighted by Gasteiger charge is 2.26. The van der Waals surface area contributed by atoms with Crippen LogP contribution in [0.2, 0.25) is 0 Å². The molecule has 0 radical (unpaired) electrons. The topological polar surface area (TPSA) is 12.9 Å². The predicted octanol–water partition coefficient (Wildman–Crippen LogP) is 3.22. The molecule has 0 aromatic carbocycles. The van der Waals surface area contributed by atoms with Gasteiger partial charge in [-0.15, -0.1) is 11.3 Å². The summed E-state index contributed by atoms with van der Waals surface area (Å²) in [4.78, 5) is 5.49. The highest BCUT2D eigenvalue weighted by Crippen LogP contribution is 2.38. The van der Waals surface area contributed by atoms with Crippen LogP contribution in [0, 0.1) is 0 Å². The van der Waals surface area contributed by atoms with Gasteiger partial charge in [0.1, 0.15) is 6.17 Å². The van der Waals surface area contributed by atoms with Crippen LogP contribution < -0.4 is 0 Å². The van der Waals surface area contributed by atoms with Crippen LogP contribution in [0.1, 0.15) is 47.9 Å². The van der Waals surface area contributed by atoms with Crippen molar-refractivity contribution in [3.63, 3.8) is 0 Å². The number of hydrogen-bond acceptors (Lipinski definition) is 2. The summed E-state index contributed by atoms with van der Waals surface area (Å²) < 4.78 is 13.1. The van der Waals surface area contributed by atoms with Crippen LogP contribution in [0.25, 0.3) is 0 Å². The molecule has 0 aliphatic heterocycles. The third-order valence-electron chi connectivity index (χ3n) is 2.16. The minimum atomic E-state index is -0.788. The fraction of sp³-hybridized carbons (Fsp3) is 0.667. The van der Waals surface area contributed by atoms with E-state index in [0.717, 1.165) is 17.1 Å². The minimum Gasteiger partial charge on any atom is -0.243 e. The maximum Gasteiger partial charge on any atom is 0.143 e. The van der Waals surface area contributed by atoms with Gasteiger partial charge in [-0.25, -0.2) is 9.37 Å². The Morgan fingerprint density at radius 2 is 2.33 bits per heavy atom. The molecular weight excluding hydrogens is 173 g/mol. The second-order valence-corrected chi connectivity index (χ2v) is 4.64. The van der Waals surface area contributed by atoms with E-state index in [1.54, 1.807) is 11.3 Å². The molecule has 1 unspecified atom stereocenters. The van der Waals surface area contributed by atoms with E-state index in [0.29, 0.717) is 12.3 Å². The van der Waals surface area contributed by atoms with Crippen LogP contribution in [0.15, 0.2) is 0 Å². The molecule has 1 aromatic heterocycles. The molecule has 1 nitrogen and oxygen atoms in total. The Morgan fingerprint density at radius 1 is 1.58 bits per heavy atom. The third-order valence-corrected chi connectivity index (χ3v) is 3.59. The zero-order valence-corrected chi connectivity index (χ0v) is 8.12. The smallest absolute Gasteiger partial charge is 0.143 e. The van der Waals surface area contributed by atoms with Crippen molar-refractivity contribution in [1.82, 2.24) is 4.98 Å². The van der Waals surface area contributed by atoms with E-state index in [2.05, 4.69) is 18.8 Å². The molecule has 1 heterocycles. The average molecular weight is 185 g/mol. The van der Waals surface area contributed by atoms with Crippen LogP contribution in [0.3, 0.4) is 0 Å². The molecule has 1 aliphatic carbocycles. The summed E-state index contributed by atoms with van der Waals surface area (Å²) in [5.74, 6) is 0.438. The number of aromatic nitrogens is 1. The predicted molar refractivity (Wildman–Crippen MR) is 48.4 cm³/mol. The van der Waals surface area contributed by atoms with Gasteiger partial charge in [0.15, 0.2) is 0 Å². The molecule has 12 heavy (non-hydrogen) atoms. The Bertz CT molecular complexity index is 293. The van der Waals surface area contributed by atoms with Crippen molar-refractivity contribution >= 4 is 11.3 Å². The van der Waals surface area contributed by atoms with Gasteiger partial charge < -0.3 is 0 Å². The Morgan fingerprint density at radius 3 is 2.92 bits per heavy atom. The Kier molecular flexibility index (Phi) is 1.91. The SMILES string of the molecule is CC(C)c1nc2c(s1)CCC2F. The number of halogens is 1. The van der Waals surface area contributed by atoms with Gasteiger partial charge in [-0.05, 0) is 12.8 Å². The summed E-state index contributed by atoms with van der Waals surface area (Å²) in [5.41, 5.74) is 0.726. The lowest BCUT2D eigenvalue weighted by Gasteiger charge is -1.98. The van der Waals surface area contributed by atoms with Crippen molar-refractivity contribution in [3.8, 4) is 0 Å². The van der Waals surface area contributed by atoms with Gasteiger partial charge in [-0.3, -0.25) is 0 Å². The van der Waals surface area contributed by atoms with Crippen LogP contribution >= 0.6 is 11.3 Å². The summed E-state index contributed by atoms with van der Waals surface area (Å²) in [6.45, 7) is 4.20. The van der Waals surface area contributed by atoms with Crippen LogP contribution in [0.4, 0.5) is 4.39 Å². The first-order chi connectivity index (χ1) is 5.68. The van der Waals surface area contributed by atoms with Crippen molar-refractivity contribution in [2.45, 2.75) is 38.8 Å². The van der Waals surface area contributed by atoms with Crippen molar-refractivity contribution < 1.29 is 4.39 Å². The van der Waals surface area contributed by atoms with Crippen LogP contribution in [-0.4, -0.2) is 4.98 Å². The first kappa shape index (κ1) is 8.17. The molecule has 0 saturated heterocycles. The number of hydrogen-bond donors (Lipinski definition) is 0. The largest absolute Gasteiger partial charge is 0.243 e. The molecule has 0 N–H and O–H groups in total. The van der Waals surface area contributed by atoms with E-state index in [1.165, 1.54) is 4.88 Å². The maximum atomic E-state index is 13.1. The fourth-order valence-electron chi connectivity index (χ4n) is 1.45. The van der Waals surface area contributed by atoms with E-state index >= 15 is 0 Å². The van der Waals surface area contributed by atoms with E-state index in [9.17, 15) is 4.39 Å². The lowest BCUT2D eigenvalue weighted by atomic mass is 10.2. The molecule has 0 fully saturated rings. The maximum absolute atomic E-state index is 13.1. The number of rotatable bonds is 1. The van der Waals surface area contributed by atoms with Gasteiger partial charge in [0.05, 0.1) is 10.7 Å². The standard InChI is InChI=1S/C9H12FNS/c1-5(2)9-11-8-6(10)3-4-7(8)12-9/h5-6H,3-4H2,1-2H3. The van der Waals surface area contributed by atoms with Gasteiger partial charge in [0.2, 0.25) is 0 Å². The monoisotopic (exact) mass is 185 g/mol. The Balaban J connectivity index is 2.36. The van der Waals surface area contributed by atoms with Gasteiger partial charge in [-0.1, -0.05) is 13.8 Å². The number of thiazole rings is 1. The Hall–Kier alpha value is -0.440.